The number of hydrogen-bond donors (Lipinski definition) is 2. The molecule has 0 spiro atoms. The van der Waals surface area contributed by atoms with E-state index < -0.39 is 0 Å². The van der Waals surface area contributed by atoms with Crippen molar-refractivity contribution in [2.24, 2.45) is 5.73 Å². The van der Waals surface area contributed by atoms with E-state index in [1.165, 1.54) is 0 Å². The zero-order valence-electron chi connectivity index (χ0n) is 13.9. The van der Waals surface area contributed by atoms with Gasteiger partial charge in [0.1, 0.15) is 0 Å². The molecule has 3 N–H and O–H groups in total. The number of benzene rings is 2. The summed E-state index contributed by atoms with van der Waals surface area (Å²) in [4.78, 5) is 0. The highest BCUT2D eigenvalue weighted by molar-refractivity contribution is 5.82. The molecule has 1 heterocycles. The van der Waals surface area contributed by atoms with Crippen molar-refractivity contribution in [3.63, 3.8) is 0 Å². The van der Waals surface area contributed by atoms with E-state index in [9.17, 15) is 0 Å². The predicted molar refractivity (Wildman–Crippen MR) is 95.3 cm³/mol. The molecule has 0 amide bonds. The number of nitrogens with one attached hydrogen (secondary N) is 1. The van der Waals surface area contributed by atoms with Crippen LogP contribution in [0.3, 0.4) is 0 Å². The van der Waals surface area contributed by atoms with Crippen molar-refractivity contribution in [3.8, 4) is 33.9 Å². The third-order valence-corrected chi connectivity index (χ3v) is 3.98. The molecule has 0 fully saturated rings. The lowest BCUT2D eigenvalue weighted by Gasteiger charge is -2.15. The van der Waals surface area contributed by atoms with Gasteiger partial charge in [0.05, 0.1) is 26.1 Å². The molecule has 0 radical (unpaired) electrons. The van der Waals surface area contributed by atoms with E-state index in [1.807, 2.05) is 30.5 Å². The van der Waals surface area contributed by atoms with Crippen molar-refractivity contribution in [2.45, 2.75) is 6.42 Å². The normalized spacial score (nSPS) is 10.6. The lowest BCUT2D eigenvalue weighted by Crippen LogP contribution is -2.05. The number of nitrogens with two attached hydrogens (primary N) is 1. The van der Waals surface area contributed by atoms with Crippen molar-refractivity contribution in [1.82, 2.24) is 10.2 Å². The van der Waals surface area contributed by atoms with Crippen LogP contribution in [0.4, 0.5) is 0 Å². The van der Waals surface area contributed by atoms with Gasteiger partial charge in [-0.1, -0.05) is 30.3 Å². The minimum Gasteiger partial charge on any atom is -0.493 e. The first-order chi connectivity index (χ1) is 11.8. The monoisotopic (exact) mass is 323 g/mol. The highest BCUT2D eigenvalue weighted by Crippen LogP contribution is 2.39. The molecule has 0 aliphatic carbocycles. The maximum atomic E-state index is 5.75. The molecule has 5 nitrogen and oxygen atoms in total. The van der Waals surface area contributed by atoms with Gasteiger partial charge in [0.2, 0.25) is 0 Å². The number of nitrogens with zero attached hydrogens (tertiary/aromatic N) is 1. The largest absolute Gasteiger partial charge is 0.493 e. The fourth-order valence-electron chi connectivity index (χ4n) is 2.87. The van der Waals surface area contributed by atoms with Crippen LogP contribution >= 0.6 is 0 Å². The second-order valence-electron chi connectivity index (χ2n) is 5.43. The zero-order valence-corrected chi connectivity index (χ0v) is 13.9. The number of methoxy groups -OCH3 is 2. The molecule has 3 aromatic rings. The molecule has 0 unspecified atom stereocenters. The highest BCUT2D eigenvalue weighted by Gasteiger charge is 2.16. The molecule has 0 saturated heterocycles. The number of H-pyrrole nitrogens is 1. The zero-order chi connectivity index (χ0) is 16.9. The summed E-state index contributed by atoms with van der Waals surface area (Å²) in [5.74, 6) is 1.43. The first kappa shape index (κ1) is 16.1. The molecule has 0 aliphatic rings. The Hall–Kier alpha value is -2.79. The van der Waals surface area contributed by atoms with Crippen LogP contribution in [0.5, 0.6) is 11.5 Å². The van der Waals surface area contributed by atoms with E-state index in [1.54, 1.807) is 14.2 Å². The van der Waals surface area contributed by atoms with Crippen LogP contribution in [0, 0.1) is 0 Å². The third-order valence-electron chi connectivity index (χ3n) is 3.98. The quantitative estimate of drug-likeness (QED) is 0.730. The summed E-state index contributed by atoms with van der Waals surface area (Å²) in [5.41, 5.74) is 10.9. The Labute approximate surface area is 141 Å². The Morgan fingerprint density at radius 1 is 1.04 bits per heavy atom. The fraction of sp³-hybridized carbons (Fsp3) is 0.211. The number of ether oxygens (including phenoxy) is 2. The molecule has 0 atom stereocenters. The molecular formula is C19H21N3O2. The topological polar surface area (TPSA) is 73.2 Å². The van der Waals surface area contributed by atoms with E-state index >= 15 is 0 Å². The van der Waals surface area contributed by atoms with E-state index in [-0.39, 0.29) is 0 Å². The standard InChI is InChI=1S/C19H21N3O2/c1-23-17-11-15(10-14(8-9-20)19(17)24-2)16-12-21-22-18(16)13-6-4-3-5-7-13/h3-7,10-12H,8-9,20H2,1-2H3,(H,21,22). The van der Waals surface area contributed by atoms with Crippen molar-refractivity contribution in [1.29, 1.82) is 0 Å². The maximum absolute atomic E-state index is 5.75. The van der Waals surface area contributed by atoms with Crippen molar-refractivity contribution in [2.75, 3.05) is 20.8 Å². The molecular weight excluding hydrogens is 302 g/mol. The van der Waals surface area contributed by atoms with Gasteiger partial charge in [-0.25, -0.2) is 0 Å². The molecule has 5 heteroatoms. The van der Waals surface area contributed by atoms with E-state index in [0.29, 0.717) is 18.7 Å². The van der Waals surface area contributed by atoms with Gasteiger partial charge in [-0.05, 0) is 36.2 Å². The second-order valence-corrected chi connectivity index (χ2v) is 5.43. The van der Waals surface area contributed by atoms with E-state index in [2.05, 4.69) is 28.4 Å². The van der Waals surface area contributed by atoms with Gasteiger partial charge in [0.15, 0.2) is 11.5 Å². The first-order valence-electron chi connectivity index (χ1n) is 7.82. The number of rotatable bonds is 6. The number of hydrogen-bond acceptors (Lipinski definition) is 4. The van der Waals surface area contributed by atoms with Gasteiger partial charge in [-0.3, -0.25) is 5.10 Å². The average molecular weight is 323 g/mol. The maximum Gasteiger partial charge on any atom is 0.163 e. The number of aromatic nitrogens is 2. The minimum atomic E-state index is 0.542. The highest BCUT2D eigenvalue weighted by atomic mass is 16.5. The molecule has 0 bridgehead atoms. The third kappa shape index (κ3) is 2.98. The molecule has 124 valence electrons. The lowest BCUT2D eigenvalue weighted by atomic mass is 9.98. The lowest BCUT2D eigenvalue weighted by molar-refractivity contribution is 0.352. The smallest absolute Gasteiger partial charge is 0.163 e. The summed E-state index contributed by atoms with van der Waals surface area (Å²) >= 11 is 0. The van der Waals surface area contributed by atoms with E-state index in [0.717, 1.165) is 33.7 Å². The van der Waals surface area contributed by atoms with Crippen LogP contribution in [0.15, 0.2) is 48.7 Å². The van der Waals surface area contributed by atoms with Crippen molar-refractivity contribution >= 4 is 0 Å². The average Bonchev–Trinajstić information content (AvgIpc) is 3.11. The van der Waals surface area contributed by atoms with Crippen LogP contribution in [-0.4, -0.2) is 31.0 Å². The van der Waals surface area contributed by atoms with Gasteiger partial charge in [0.25, 0.3) is 0 Å². The summed E-state index contributed by atoms with van der Waals surface area (Å²) < 4.78 is 11.0. The van der Waals surface area contributed by atoms with Gasteiger partial charge < -0.3 is 15.2 Å². The molecule has 3 rings (SSSR count). The Bertz CT molecular complexity index is 813. The molecule has 1 aromatic heterocycles. The Morgan fingerprint density at radius 3 is 2.50 bits per heavy atom. The molecule has 24 heavy (non-hydrogen) atoms. The Balaban J connectivity index is 2.14. The van der Waals surface area contributed by atoms with Crippen LogP contribution < -0.4 is 15.2 Å². The SMILES string of the molecule is COc1cc(-c2cn[nH]c2-c2ccccc2)cc(CCN)c1OC. The molecule has 0 aliphatic heterocycles. The first-order valence-corrected chi connectivity index (χ1v) is 7.82. The molecule has 0 saturated carbocycles. The summed E-state index contributed by atoms with van der Waals surface area (Å²) in [6, 6.07) is 14.2. The molecule has 2 aromatic carbocycles. The van der Waals surface area contributed by atoms with Crippen LogP contribution in [0.25, 0.3) is 22.4 Å². The number of aromatic amines is 1. The summed E-state index contributed by atoms with van der Waals surface area (Å²) in [6.45, 7) is 0.542. The summed E-state index contributed by atoms with van der Waals surface area (Å²) in [7, 11) is 3.28. The predicted octanol–water partition coefficient (Wildman–Crippen LogP) is 3.26. The summed E-state index contributed by atoms with van der Waals surface area (Å²) in [6.07, 6.45) is 2.54. The van der Waals surface area contributed by atoms with Crippen molar-refractivity contribution < 1.29 is 9.47 Å². The van der Waals surface area contributed by atoms with Gasteiger partial charge in [0, 0.05) is 11.1 Å². The van der Waals surface area contributed by atoms with E-state index in [4.69, 9.17) is 15.2 Å². The van der Waals surface area contributed by atoms with Crippen LogP contribution in [0.1, 0.15) is 5.56 Å². The summed E-state index contributed by atoms with van der Waals surface area (Å²) in [5, 5.41) is 7.32. The fourth-order valence-corrected chi connectivity index (χ4v) is 2.87. The van der Waals surface area contributed by atoms with Gasteiger partial charge in [-0.2, -0.15) is 5.10 Å². The minimum absolute atomic E-state index is 0.542. The Kier molecular flexibility index (Phi) is 4.82. The van der Waals surface area contributed by atoms with Gasteiger partial charge >= 0.3 is 0 Å². The van der Waals surface area contributed by atoms with Crippen LogP contribution in [-0.2, 0) is 6.42 Å². The second kappa shape index (κ2) is 7.19. The van der Waals surface area contributed by atoms with Crippen molar-refractivity contribution in [3.05, 3.63) is 54.2 Å². The van der Waals surface area contributed by atoms with Crippen LogP contribution in [0.2, 0.25) is 0 Å². The van der Waals surface area contributed by atoms with Gasteiger partial charge in [-0.15, -0.1) is 0 Å². The Morgan fingerprint density at radius 2 is 1.83 bits per heavy atom.